The SMILES string of the molecule is [CH2]C(C)C(C)(C)CCCC=C. The van der Waals surface area contributed by atoms with Crippen molar-refractivity contribution < 1.29 is 0 Å². The quantitative estimate of drug-likeness (QED) is 0.416. The molecule has 0 rings (SSSR count). The van der Waals surface area contributed by atoms with Gasteiger partial charge in [0.2, 0.25) is 0 Å². The van der Waals surface area contributed by atoms with Gasteiger partial charge >= 0.3 is 0 Å². The van der Waals surface area contributed by atoms with Gasteiger partial charge in [0, 0.05) is 0 Å². The van der Waals surface area contributed by atoms with Crippen molar-refractivity contribution in [3.63, 3.8) is 0 Å². The monoisotopic (exact) mass is 153 g/mol. The van der Waals surface area contributed by atoms with Crippen molar-refractivity contribution in [3.05, 3.63) is 19.6 Å². The Balaban J connectivity index is 3.63. The molecular formula is C11H21. The van der Waals surface area contributed by atoms with Crippen LogP contribution in [0.2, 0.25) is 0 Å². The molecule has 65 valence electrons. The maximum atomic E-state index is 4.06. The standard InChI is InChI=1S/C11H21/c1-6-7-8-9-11(4,5)10(2)3/h6,10H,1-2,7-9H2,3-5H3. The smallest absolute Gasteiger partial charge is 0.0328 e. The summed E-state index contributed by atoms with van der Waals surface area (Å²) >= 11 is 0. The highest BCUT2D eigenvalue weighted by atomic mass is 14.3. The predicted octanol–water partition coefficient (Wildman–Crippen LogP) is 3.84. The van der Waals surface area contributed by atoms with Crippen molar-refractivity contribution in [1.29, 1.82) is 0 Å². The van der Waals surface area contributed by atoms with Crippen LogP contribution in [-0.2, 0) is 0 Å². The van der Waals surface area contributed by atoms with Gasteiger partial charge < -0.3 is 0 Å². The van der Waals surface area contributed by atoms with Crippen LogP contribution in [0.5, 0.6) is 0 Å². The molecule has 0 nitrogen and oxygen atoms in total. The Morgan fingerprint density at radius 1 is 1.45 bits per heavy atom. The molecule has 0 amide bonds. The molecular weight excluding hydrogens is 132 g/mol. The summed E-state index contributed by atoms with van der Waals surface area (Å²) in [7, 11) is 0. The van der Waals surface area contributed by atoms with Crippen molar-refractivity contribution in [2.24, 2.45) is 11.3 Å². The number of unbranched alkanes of at least 4 members (excludes halogenated alkanes) is 1. The molecule has 0 spiro atoms. The van der Waals surface area contributed by atoms with E-state index in [4.69, 9.17) is 0 Å². The maximum Gasteiger partial charge on any atom is -0.0328 e. The molecule has 0 heterocycles. The van der Waals surface area contributed by atoms with E-state index < -0.39 is 0 Å². The number of hydrogen-bond acceptors (Lipinski definition) is 0. The van der Waals surface area contributed by atoms with Gasteiger partial charge in [-0.25, -0.2) is 0 Å². The molecule has 0 aliphatic carbocycles. The number of rotatable bonds is 5. The first-order valence-electron chi connectivity index (χ1n) is 4.44. The topological polar surface area (TPSA) is 0 Å². The van der Waals surface area contributed by atoms with E-state index in [0.29, 0.717) is 11.3 Å². The van der Waals surface area contributed by atoms with Crippen molar-refractivity contribution in [2.75, 3.05) is 0 Å². The zero-order chi connectivity index (χ0) is 8.91. The normalized spacial score (nSPS) is 12.1. The molecule has 1 atom stereocenters. The first-order chi connectivity index (χ1) is 5.00. The fourth-order valence-corrected chi connectivity index (χ4v) is 0.948. The van der Waals surface area contributed by atoms with Crippen LogP contribution in [0.3, 0.4) is 0 Å². The Morgan fingerprint density at radius 2 is 2.00 bits per heavy atom. The lowest BCUT2D eigenvalue weighted by molar-refractivity contribution is 0.246. The fraction of sp³-hybridized carbons (Fsp3) is 0.727. The minimum atomic E-state index is 0.392. The van der Waals surface area contributed by atoms with Gasteiger partial charge in [-0.05, 0) is 37.5 Å². The Labute approximate surface area is 71.7 Å². The molecule has 0 heteroatoms. The van der Waals surface area contributed by atoms with Crippen molar-refractivity contribution in [3.8, 4) is 0 Å². The Morgan fingerprint density at radius 3 is 2.36 bits per heavy atom. The van der Waals surface area contributed by atoms with Gasteiger partial charge in [-0.2, -0.15) is 0 Å². The van der Waals surface area contributed by atoms with E-state index in [1.165, 1.54) is 12.8 Å². The average molecular weight is 153 g/mol. The molecule has 0 saturated carbocycles. The van der Waals surface area contributed by atoms with Crippen LogP contribution in [0.1, 0.15) is 40.0 Å². The van der Waals surface area contributed by atoms with Crippen LogP contribution in [0.25, 0.3) is 0 Å². The van der Waals surface area contributed by atoms with Gasteiger partial charge in [0.25, 0.3) is 0 Å². The van der Waals surface area contributed by atoms with Crippen LogP contribution in [0.15, 0.2) is 12.7 Å². The maximum absolute atomic E-state index is 4.06. The predicted molar refractivity (Wildman–Crippen MR) is 52.4 cm³/mol. The van der Waals surface area contributed by atoms with Crippen LogP contribution in [0, 0.1) is 18.3 Å². The Bertz CT molecular complexity index is 109. The highest BCUT2D eigenvalue weighted by Gasteiger charge is 2.20. The molecule has 0 N–H and O–H groups in total. The second-order valence-corrected chi connectivity index (χ2v) is 4.07. The third-order valence-corrected chi connectivity index (χ3v) is 2.56. The van der Waals surface area contributed by atoms with E-state index in [2.05, 4.69) is 34.3 Å². The first-order valence-corrected chi connectivity index (χ1v) is 4.44. The van der Waals surface area contributed by atoms with E-state index >= 15 is 0 Å². The Kier molecular flexibility index (Phi) is 4.48. The molecule has 0 aromatic heterocycles. The molecule has 0 bridgehead atoms. The number of allylic oxidation sites excluding steroid dienone is 1. The summed E-state index contributed by atoms with van der Waals surface area (Å²) < 4.78 is 0. The molecule has 0 aliphatic rings. The minimum Gasteiger partial charge on any atom is -0.103 e. The van der Waals surface area contributed by atoms with E-state index in [1.807, 2.05) is 6.08 Å². The zero-order valence-corrected chi connectivity index (χ0v) is 8.19. The van der Waals surface area contributed by atoms with E-state index in [-0.39, 0.29) is 0 Å². The Hall–Kier alpha value is -0.260. The second-order valence-electron chi connectivity index (χ2n) is 4.07. The summed E-state index contributed by atoms with van der Waals surface area (Å²) in [6, 6.07) is 0. The summed E-state index contributed by atoms with van der Waals surface area (Å²) in [5.74, 6) is 0.535. The summed E-state index contributed by atoms with van der Waals surface area (Å²) in [6.45, 7) is 14.5. The zero-order valence-electron chi connectivity index (χ0n) is 8.19. The average Bonchev–Trinajstić information content (AvgIpc) is 1.88. The summed E-state index contributed by atoms with van der Waals surface area (Å²) in [4.78, 5) is 0. The van der Waals surface area contributed by atoms with E-state index in [1.54, 1.807) is 0 Å². The van der Waals surface area contributed by atoms with Gasteiger partial charge in [-0.3, -0.25) is 0 Å². The molecule has 0 saturated heterocycles. The van der Waals surface area contributed by atoms with Gasteiger partial charge in [0.1, 0.15) is 0 Å². The van der Waals surface area contributed by atoms with Crippen LogP contribution in [-0.4, -0.2) is 0 Å². The lowest BCUT2D eigenvalue weighted by Crippen LogP contribution is -2.18. The third-order valence-electron chi connectivity index (χ3n) is 2.56. The third kappa shape index (κ3) is 4.23. The lowest BCUT2D eigenvalue weighted by Gasteiger charge is -2.28. The summed E-state index contributed by atoms with van der Waals surface area (Å²) in [5, 5.41) is 0. The van der Waals surface area contributed by atoms with Crippen molar-refractivity contribution in [1.82, 2.24) is 0 Å². The summed E-state index contributed by atoms with van der Waals surface area (Å²) in [5.41, 5.74) is 0.392. The molecule has 11 heavy (non-hydrogen) atoms. The molecule has 1 radical (unpaired) electrons. The van der Waals surface area contributed by atoms with Crippen LogP contribution < -0.4 is 0 Å². The van der Waals surface area contributed by atoms with Gasteiger partial charge in [-0.1, -0.05) is 26.8 Å². The molecule has 0 aromatic carbocycles. The van der Waals surface area contributed by atoms with Gasteiger partial charge in [0.05, 0.1) is 0 Å². The molecule has 0 fully saturated rings. The van der Waals surface area contributed by atoms with Crippen LogP contribution in [0.4, 0.5) is 0 Å². The lowest BCUT2D eigenvalue weighted by atomic mass is 9.77. The fourth-order valence-electron chi connectivity index (χ4n) is 0.948. The molecule has 0 aromatic rings. The largest absolute Gasteiger partial charge is 0.103 e. The van der Waals surface area contributed by atoms with Gasteiger partial charge in [0.15, 0.2) is 0 Å². The highest BCUT2D eigenvalue weighted by Crippen LogP contribution is 2.31. The second kappa shape index (κ2) is 4.58. The van der Waals surface area contributed by atoms with E-state index in [0.717, 1.165) is 6.42 Å². The van der Waals surface area contributed by atoms with Crippen molar-refractivity contribution >= 4 is 0 Å². The first kappa shape index (κ1) is 10.7. The minimum absolute atomic E-state index is 0.392. The van der Waals surface area contributed by atoms with E-state index in [9.17, 15) is 0 Å². The highest BCUT2D eigenvalue weighted by molar-refractivity contribution is 4.78. The summed E-state index contributed by atoms with van der Waals surface area (Å²) in [6.07, 6.45) is 5.63. The van der Waals surface area contributed by atoms with Gasteiger partial charge in [-0.15, -0.1) is 6.58 Å². The van der Waals surface area contributed by atoms with Crippen LogP contribution >= 0.6 is 0 Å². The van der Waals surface area contributed by atoms with Crippen molar-refractivity contribution in [2.45, 2.75) is 40.0 Å². The molecule has 1 unspecified atom stereocenters. The molecule has 0 aliphatic heterocycles. The number of hydrogen-bond donors (Lipinski definition) is 0.